The average Bonchev–Trinajstić information content (AvgIpc) is 2.77. The molecule has 0 N–H and O–H groups in total. The Morgan fingerprint density at radius 1 is 0.971 bits per heavy atom. The molecule has 3 amide bonds. The van der Waals surface area contributed by atoms with E-state index in [4.69, 9.17) is 4.74 Å². The first kappa shape index (κ1) is 39.5. The van der Waals surface area contributed by atoms with Crippen molar-refractivity contribution < 1.29 is 203 Å². The van der Waals surface area contributed by atoms with Gasteiger partial charge in [-0.25, -0.2) is 0 Å². The molecule has 0 aliphatic heterocycles. The standard InChI is InChI=1S/C23H31N3O6.3Rb/c27-16-24-10-3-12-32-13-11-25-22(30)15-23(31)26-18-8-6-17(7-9-18)14-21(29)19-4-1-2-5-20(19)28;;;/h6-9,16,19H,1-5,10-15H2,(H3,24,25,26,27,30,31);;;/q;3*+1/p-3. The van der Waals surface area contributed by atoms with Crippen molar-refractivity contribution in [2.45, 2.75) is 44.9 Å². The molecule has 12 heteroatoms. The molecular weight excluding hydrogens is 671 g/mol. The summed E-state index contributed by atoms with van der Waals surface area (Å²) in [5, 5.41) is 11.1. The molecule has 0 spiro atoms. The van der Waals surface area contributed by atoms with E-state index in [1.165, 1.54) is 0 Å². The molecule has 1 atom stereocenters. The van der Waals surface area contributed by atoms with Crippen LogP contribution in [0.3, 0.4) is 0 Å². The maximum absolute atomic E-state index is 12.4. The van der Waals surface area contributed by atoms with Crippen molar-refractivity contribution in [1.29, 1.82) is 0 Å². The molecule has 9 nitrogen and oxygen atoms in total. The van der Waals surface area contributed by atoms with Crippen molar-refractivity contribution in [3.63, 3.8) is 0 Å². The fourth-order valence-corrected chi connectivity index (χ4v) is 3.35. The summed E-state index contributed by atoms with van der Waals surface area (Å²) in [6, 6.07) is 6.61. The van der Waals surface area contributed by atoms with Gasteiger partial charge in [-0.1, -0.05) is 30.7 Å². The Labute approximate surface area is 353 Å². The zero-order valence-corrected chi connectivity index (χ0v) is 35.8. The SMILES string of the molecule is O=C[N-]CCCOCC[N-]C(=O)CC(=O)[N-]c1ccc(CC(=O)C2CCCCC2=O)cc1.[Rb+].[Rb+].[Rb+]. The molecule has 1 aromatic carbocycles. The van der Waals surface area contributed by atoms with Gasteiger partial charge in [0.15, 0.2) is 0 Å². The average molecular weight is 699 g/mol. The van der Waals surface area contributed by atoms with E-state index in [9.17, 15) is 24.0 Å². The molecule has 1 fully saturated rings. The number of hydrogen-bond acceptors (Lipinski definition) is 6. The summed E-state index contributed by atoms with van der Waals surface area (Å²) >= 11 is 0. The molecule has 0 radical (unpaired) electrons. The quantitative estimate of drug-likeness (QED) is 0.108. The van der Waals surface area contributed by atoms with Crippen LogP contribution in [0.15, 0.2) is 24.3 Å². The van der Waals surface area contributed by atoms with Crippen LogP contribution in [-0.2, 0) is 35.1 Å². The minimum atomic E-state index is -0.605. The molecule has 2 rings (SSSR count). The molecule has 0 saturated heterocycles. The van der Waals surface area contributed by atoms with Crippen molar-refractivity contribution >= 4 is 35.5 Å². The molecule has 1 aromatic rings. The summed E-state index contributed by atoms with van der Waals surface area (Å²) in [7, 11) is 0. The van der Waals surface area contributed by atoms with Crippen LogP contribution in [0.2, 0.25) is 0 Å². The second-order valence-corrected chi connectivity index (χ2v) is 7.51. The first-order valence-corrected chi connectivity index (χ1v) is 10.8. The number of Topliss-reactive ketones (excluding diaryl/α,β-unsaturated/α-hetero) is 2. The Bertz CT molecular complexity index is 808. The maximum atomic E-state index is 12.4. The third-order valence-electron chi connectivity index (χ3n) is 4.99. The molecule has 1 aliphatic rings. The summed E-state index contributed by atoms with van der Waals surface area (Å²) in [6.45, 7) is 1.19. The summed E-state index contributed by atoms with van der Waals surface area (Å²) in [4.78, 5) is 58.0. The first-order chi connectivity index (χ1) is 15.5. The van der Waals surface area contributed by atoms with Crippen LogP contribution >= 0.6 is 0 Å². The molecule has 1 aliphatic carbocycles. The summed E-state index contributed by atoms with van der Waals surface area (Å²) in [5.74, 6) is -1.70. The van der Waals surface area contributed by atoms with Crippen LogP contribution in [-0.4, -0.2) is 56.1 Å². The van der Waals surface area contributed by atoms with Gasteiger partial charge >= 0.3 is 175 Å². The number of benzene rings is 1. The Kier molecular flexibility index (Phi) is 27.3. The van der Waals surface area contributed by atoms with Gasteiger partial charge in [0.1, 0.15) is 11.6 Å². The van der Waals surface area contributed by atoms with Crippen LogP contribution < -0.4 is 175 Å². The van der Waals surface area contributed by atoms with Gasteiger partial charge in [0, 0.05) is 38.9 Å². The van der Waals surface area contributed by atoms with Crippen LogP contribution in [0, 0.1) is 5.92 Å². The van der Waals surface area contributed by atoms with E-state index in [0.717, 1.165) is 18.4 Å². The number of nitrogens with zero attached hydrogens (tertiary/aromatic N) is 3. The van der Waals surface area contributed by atoms with E-state index < -0.39 is 24.2 Å². The molecular formula is C23H28N3O6Rb3. The molecule has 35 heavy (non-hydrogen) atoms. The fraction of sp³-hybridized carbons (Fsp3) is 0.522. The zero-order valence-electron chi connectivity index (χ0n) is 21.0. The monoisotopic (exact) mass is 697 g/mol. The molecule has 1 saturated carbocycles. The topological polar surface area (TPSA) is 137 Å². The largest absolute Gasteiger partial charge is 1.00 e. The Hall–Kier alpha value is 2.35. The van der Waals surface area contributed by atoms with Gasteiger partial charge in [0.2, 0.25) is 0 Å². The summed E-state index contributed by atoms with van der Waals surface area (Å²) < 4.78 is 5.24. The minimum absolute atomic E-state index is 0. The van der Waals surface area contributed by atoms with Crippen LogP contribution in [0.4, 0.5) is 5.69 Å². The van der Waals surface area contributed by atoms with Gasteiger partial charge in [0.25, 0.3) is 0 Å². The van der Waals surface area contributed by atoms with E-state index in [0.29, 0.717) is 44.5 Å². The number of hydrogen-bond donors (Lipinski definition) is 0. The summed E-state index contributed by atoms with van der Waals surface area (Å²) in [6.07, 6.45) is 3.71. The van der Waals surface area contributed by atoms with Crippen LogP contribution in [0.1, 0.15) is 44.1 Å². The van der Waals surface area contributed by atoms with E-state index in [1.807, 2.05) is 0 Å². The number of ether oxygens (including phenoxy) is 1. The number of ketones is 2. The van der Waals surface area contributed by atoms with Crippen molar-refractivity contribution in [3.05, 3.63) is 45.8 Å². The Morgan fingerprint density at radius 2 is 1.69 bits per heavy atom. The number of carbonyl (C=O) groups excluding carboxylic acids is 5. The van der Waals surface area contributed by atoms with E-state index in [2.05, 4.69) is 16.0 Å². The second-order valence-electron chi connectivity index (χ2n) is 7.51. The van der Waals surface area contributed by atoms with Crippen molar-refractivity contribution in [2.24, 2.45) is 5.92 Å². The van der Waals surface area contributed by atoms with Gasteiger partial charge in [-0.05, 0) is 24.8 Å². The minimum Gasteiger partial charge on any atom is -0.656 e. The third-order valence-corrected chi connectivity index (χ3v) is 4.99. The molecule has 0 heterocycles. The van der Waals surface area contributed by atoms with Gasteiger partial charge in [-0.3, -0.25) is 9.59 Å². The second kappa shape index (κ2) is 24.2. The molecule has 174 valence electrons. The molecule has 0 aromatic heterocycles. The first-order valence-electron chi connectivity index (χ1n) is 10.8. The zero-order chi connectivity index (χ0) is 23.2. The number of rotatable bonds is 14. The van der Waals surface area contributed by atoms with E-state index in [-0.39, 0.29) is 206 Å². The van der Waals surface area contributed by atoms with Gasteiger partial charge < -0.3 is 35.1 Å². The maximum Gasteiger partial charge on any atom is 1.00 e. The van der Waals surface area contributed by atoms with Crippen molar-refractivity contribution in [1.82, 2.24) is 0 Å². The normalized spacial score (nSPS) is 14.3. The van der Waals surface area contributed by atoms with Crippen LogP contribution in [0.5, 0.6) is 0 Å². The van der Waals surface area contributed by atoms with Crippen molar-refractivity contribution in [2.75, 3.05) is 26.3 Å². The van der Waals surface area contributed by atoms with E-state index >= 15 is 0 Å². The fourth-order valence-electron chi connectivity index (χ4n) is 3.35. The van der Waals surface area contributed by atoms with Crippen molar-refractivity contribution in [3.8, 4) is 0 Å². The molecule has 0 bridgehead atoms. The number of carbonyl (C=O) groups is 5. The smallest absolute Gasteiger partial charge is 0.656 e. The van der Waals surface area contributed by atoms with Crippen LogP contribution in [0.25, 0.3) is 16.0 Å². The third kappa shape index (κ3) is 17.6. The van der Waals surface area contributed by atoms with Gasteiger partial charge in [-0.2, -0.15) is 0 Å². The predicted molar refractivity (Wildman–Crippen MR) is 118 cm³/mol. The van der Waals surface area contributed by atoms with Gasteiger partial charge in [0.05, 0.1) is 17.7 Å². The molecule has 1 unspecified atom stereocenters. The Morgan fingerprint density at radius 3 is 2.34 bits per heavy atom. The van der Waals surface area contributed by atoms with E-state index in [1.54, 1.807) is 24.3 Å². The Balaban J connectivity index is 0. The number of amides is 3. The predicted octanol–water partition coefficient (Wildman–Crippen LogP) is -5.67. The van der Waals surface area contributed by atoms with Gasteiger partial charge in [-0.15, -0.1) is 18.8 Å². The summed E-state index contributed by atoms with van der Waals surface area (Å²) in [5.41, 5.74) is 1.14.